The fraction of sp³-hybridized carbons (Fsp3) is 0.318. The number of urea groups is 1. The summed E-state index contributed by atoms with van der Waals surface area (Å²) in [5.74, 6) is 0.226. The second kappa shape index (κ2) is 8.82. The number of nitrogens with zero attached hydrogens (tertiary/aromatic N) is 3. The molecule has 32 heavy (non-hydrogen) atoms. The molecule has 10 heteroatoms. The van der Waals surface area contributed by atoms with Crippen LogP contribution in [0.2, 0.25) is 5.02 Å². The van der Waals surface area contributed by atoms with Crippen molar-refractivity contribution < 1.29 is 18.0 Å². The first-order valence-corrected chi connectivity index (χ1v) is 10.5. The number of hydrogen-bond donors (Lipinski definition) is 2. The minimum atomic E-state index is -4.61. The number of nitrogens with one attached hydrogen (secondary N) is 2. The molecule has 1 saturated heterocycles. The number of aryl methyl sites for hydroxylation is 1. The number of anilines is 2. The fourth-order valence-electron chi connectivity index (χ4n) is 3.87. The summed E-state index contributed by atoms with van der Waals surface area (Å²) in [6.07, 6.45) is -1.75. The summed E-state index contributed by atoms with van der Waals surface area (Å²) < 4.78 is 39.2. The van der Waals surface area contributed by atoms with Crippen molar-refractivity contribution in [3.8, 4) is 0 Å². The zero-order valence-corrected chi connectivity index (χ0v) is 18.0. The van der Waals surface area contributed by atoms with Crippen LogP contribution >= 0.6 is 11.6 Å². The Balaban J connectivity index is 1.37. The molecule has 3 heterocycles. The second-order valence-electron chi connectivity index (χ2n) is 7.65. The highest BCUT2D eigenvalue weighted by Crippen LogP contribution is 2.34. The van der Waals surface area contributed by atoms with Gasteiger partial charge < -0.3 is 15.5 Å². The molecule has 0 spiro atoms. The van der Waals surface area contributed by atoms with Crippen molar-refractivity contribution in [1.29, 1.82) is 0 Å². The summed E-state index contributed by atoms with van der Waals surface area (Å²) in [6, 6.07) is 9.76. The summed E-state index contributed by atoms with van der Waals surface area (Å²) in [6.45, 7) is 2.85. The maximum Gasteiger partial charge on any atom is 0.434 e. The molecule has 0 bridgehead atoms. The van der Waals surface area contributed by atoms with Gasteiger partial charge in [-0.2, -0.15) is 13.2 Å². The van der Waals surface area contributed by atoms with Gasteiger partial charge in [-0.25, -0.2) is 9.78 Å². The van der Waals surface area contributed by atoms with Gasteiger partial charge in [0.05, 0.1) is 10.7 Å². The van der Waals surface area contributed by atoms with Gasteiger partial charge in [-0.15, -0.1) is 0 Å². The molecule has 2 N–H and O–H groups in total. The van der Waals surface area contributed by atoms with Crippen LogP contribution in [-0.2, 0) is 6.18 Å². The maximum absolute atomic E-state index is 13.1. The van der Waals surface area contributed by atoms with Gasteiger partial charge in [-0.3, -0.25) is 4.98 Å². The van der Waals surface area contributed by atoms with Crippen LogP contribution in [0.5, 0.6) is 0 Å². The van der Waals surface area contributed by atoms with Gasteiger partial charge in [0.1, 0.15) is 5.82 Å². The van der Waals surface area contributed by atoms with Gasteiger partial charge in [0.25, 0.3) is 0 Å². The van der Waals surface area contributed by atoms with Crippen LogP contribution in [0, 0.1) is 6.92 Å². The van der Waals surface area contributed by atoms with Crippen LogP contribution in [-0.4, -0.2) is 35.1 Å². The summed E-state index contributed by atoms with van der Waals surface area (Å²) >= 11 is 5.65. The Kier molecular flexibility index (Phi) is 6.10. The number of piperidine rings is 1. The molecule has 2 amide bonds. The average Bonchev–Trinajstić information content (AvgIpc) is 2.75. The van der Waals surface area contributed by atoms with Crippen molar-refractivity contribution in [2.24, 2.45) is 0 Å². The fourth-order valence-corrected chi connectivity index (χ4v) is 4.08. The van der Waals surface area contributed by atoms with E-state index in [0.29, 0.717) is 31.6 Å². The van der Waals surface area contributed by atoms with Crippen molar-refractivity contribution in [3.63, 3.8) is 0 Å². The SMILES string of the molecule is Cc1nccc2c(NC(=O)NC3CCN(c4ccc(Cl)c(C(F)(F)F)n4)CC3)cccc12. The predicted molar refractivity (Wildman–Crippen MR) is 118 cm³/mol. The Hall–Kier alpha value is -3.07. The summed E-state index contributed by atoms with van der Waals surface area (Å²) in [7, 11) is 0. The van der Waals surface area contributed by atoms with Crippen LogP contribution in [0.1, 0.15) is 24.2 Å². The first-order chi connectivity index (χ1) is 15.2. The molecular formula is C22H21ClF3N5O. The van der Waals surface area contributed by atoms with Gasteiger partial charge in [0.2, 0.25) is 0 Å². The van der Waals surface area contributed by atoms with Crippen LogP contribution in [0.3, 0.4) is 0 Å². The normalized spacial score (nSPS) is 15.1. The van der Waals surface area contributed by atoms with E-state index in [2.05, 4.69) is 20.6 Å². The van der Waals surface area contributed by atoms with E-state index >= 15 is 0 Å². The van der Waals surface area contributed by atoms with Crippen molar-refractivity contribution in [1.82, 2.24) is 15.3 Å². The third-order valence-corrected chi connectivity index (χ3v) is 5.81. The Bertz CT molecular complexity index is 1150. The molecule has 4 rings (SSSR count). The zero-order valence-electron chi connectivity index (χ0n) is 17.2. The van der Waals surface area contributed by atoms with Crippen molar-refractivity contribution in [2.45, 2.75) is 32.0 Å². The van der Waals surface area contributed by atoms with Crippen LogP contribution in [0.25, 0.3) is 10.8 Å². The standard InChI is InChI=1S/C22H21ClF3N5O/c1-13-15-3-2-4-18(16(15)7-10-27-13)29-21(32)28-14-8-11-31(12-9-14)19-6-5-17(23)20(30-19)22(24,25)26/h2-7,10,14H,8-9,11-12H2,1H3,(H2,28,29,32). The number of carbonyl (C=O) groups is 1. The highest BCUT2D eigenvalue weighted by atomic mass is 35.5. The molecule has 0 saturated carbocycles. The Morgan fingerprint density at radius 2 is 1.88 bits per heavy atom. The van der Waals surface area contributed by atoms with Crippen LogP contribution in [0.4, 0.5) is 29.5 Å². The van der Waals surface area contributed by atoms with E-state index in [0.717, 1.165) is 16.5 Å². The molecule has 1 aromatic carbocycles. The monoisotopic (exact) mass is 463 g/mol. The van der Waals surface area contributed by atoms with E-state index in [1.54, 1.807) is 11.1 Å². The lowest BCUT2D eigenvalue weighted by Crippen LogP contribution is -2.46. The number of fused-ring (bicyclic) bond motifs is 1. The smallest absolute Gasteiger partial charge is 0.356 e. The largest absolute Gasteiger partial charge is 0.434 e. The minimum absolute atomic E-state index is 0.0981. The third kappa shape index (κ3) is 4.72. The molecule has 168 valence electrons. The molecular weight excluding hydrogens is 443 g/mol. The van der Waals surface area contributed by atoms with Gasteiger partial charge in [0.15, 0.2) is 5.69 Å². The van der Waals surface area contributed by atoms with Gasteiger partial charge in [0, 0.05) is 41.8 Å². The van der Waals surface area contributed by atoms with E-state index in [4.69, 9.17) is 11.6 Å². The zero-order chi connectivity index (χ0) is 22.9. The molecule has 1 aliphatic rings. The molecule has 2 aromatic heterocycles. The van der Waals surface area contributed by atoms with Gasteiger partial charge in [-0.1, -0.05) is 23.7 Å². The highest BCUT2D eigenvalue weighted by molar-refractivity contribution is 6.31. The maximum atomic E-state index is 13.1. The number of amides is 2. The first kappa shape index (κ1) is 22.1. The highest BCUT2D eigenvalue weighted by Gasteiger charge is 2.36. The molecule has 3 aromatic rings. The quantitative estimate of drug-likeness (QED) is 0.545. The van der Waals surface area contributed by atoms with Crippen LogP contribution < -0.4 is 15.5 Å². The van der Waals surface area contributed by atoms with Crippen molar-refractivity contribution >= 4 is 39.9 Å². The lowest BCUT2D eigenvalue weighted by molar-refractivity contribution is -0.141. The molecule has 0 unspecified atom stereocenters. The number of rotatable bonds is 3. The average molecular weight is 464 g/mol. The number of hydrogen-bond acceptors (Lipinski definition) is 4. The first-order valence-electron chi connectivity index (χ1n) is 10.1. The summed E-state index contributed by atoms with van der Waals surface area (Å²) in [5, 5.41) is 7.28. The van der Waals surface area contributed by atoms with E-state index in [1.807, 2.05) is 31.2 Å². The van der Waals surface area contributed by atoms with E-state index in [-0.39, 0.29) is 17.9 Å². The molecule has 0 atom stereocenters. The Morgan fingerprint density at radius 3 is 2.59 bits per heavy atom. The van der Waals surface area contributed by atoms with Crippen molar-refractivity contribution in [2.75, 3.05) is 23.3 Å². The van der Waals surface area contributed by atoms with E-state index in [1.165, 1.54) is 12.1 Å². The molecule has 6 nitrogen and oxygen atoms in total. The Morgan fingerprint density at radius 1 is 1.12 bits per heavy atom. The van der Waals surface area contributed by atoms with Gasteiger partial charge in [-0.05, 0) is 44.0 Å². The number of pyridine rings is 2. The summed E-state index contributed by atoms with van der Waals surface area (Å²) in [4.78, 5) is 22.3. The van der Waals surface area contributed by atoms with E-state index < -0.39 is 16.9 Å². The number of alkyl halides is 3. The number of aromatic nitrogens is 2. The number of carbonyl (C=O) groups excluding carboxylic acids is 1. The number of benzene rings is 1. The molecule has 1 aliphatic heterocycles. The van der Waals surface area contributed by atoms with E-state index in [9.17, 15) is 18.0 Å². The number of halogens is 4. The summed E-state index contributed by atoms with van der Waals surface area (Å²) in [5.41, 5.74) is 0.480. The lowest BCUT2D eigenvalue weighted by Gasteiger charge is -2.33. The second-order valence-corrected chi connectivity index (χ2v) is 8.06. The molecule has 0 radical (unpaired) electrons. The van der Waals surface area contributed by atoms with Crippen molar-refractivity contribution in [3.05, 3.63) is 59.0 Å². The van der Waals surface area contributed by atoms with Gasteiger partial charge >= 0.3 is 12.2 Å². The minimum Gasteiger partial charge on any atom is -0.356 e. The predicted octanol–water partition coefficient (Wildman–Crippen LogP) is 5.40. The Labute approximate surface area is 187 Å². The molecule has 1 fully saturated rings. The topological polar surface area (TPSA) is 70.2 Å². The molecule has 0 aliphatic carbocycles. The van der Waals surface area contributed by atoms with Crippen LogP contribution in [0.15, 0.2) is 42.6 Å². The lowest BCUT2D eigenvalue weighted by atomic mass is 10.1. The third-order valence-electron chi connectivity index (χ3n) is 5.51.